The number of rotatable bonds is 4. The van der Waals surface area contributed by atoms with Crippen LogP contribution in [0, 0.1) is 0 Å². The Morgan fingerprint density at radius 1 is 0.450 bits per heavy atom. The second-order valence-electron chi connectivity index (χ2n) is 10.1. The van der Waals surface area contributed by atoms with E-state index < -0.39 is 7.14 Å². The van der Waals surface area contributed by atoms with Gasteiger partial charge in [-0.05, 0) is 59.7 Å². The van der Waals surface area contributed by atoms with Crippen molar-refractivity contribution in [3.05, 3.63) is 140 Å². The maximum Gasteiger partial charge on any atom is 0.171 e. The van der Waals surface area contributed by atoms with E-state index in [1.54, 1.807) is 0 Å². The lowest BCUT2D eigenvalue weighted by molar-refractivity contribution is 0.592. The maximum absolute atomic E-state index is 15.0. The van der Waals surface area contributed by atoms with Gasteiger partial charge < -0.3 is 8.98 Å². The first-order valence-electron chi connectivity index (χ1n) is 13.3. The zero-order valence-electron chi connectivity index (χ0n) is 21.5. The van der Waals surface area contributed by atoms with E-state index in [1.807, 2.05) is 90.2 Å². The second-order valence-corrected chi connectivity index (χ2v) is 13.9. The summed E-state index contributed by atoms with van der Waals surface area (Å²) >= 11 is 1.83. The minimum atomic E-state index is -3.09. The van der Waals surface area contributed by atoms with Gasteiger partial charge in [0.15, 0.2) is 7.14 Å². The molecule has 6 aromatic carbocycles. The molecular weight excluding hydrogens is 527 g/mol. The van der Waals surface area contributed by atoms with Gasteiger partial charge in [-0.2, -0.15) is 0 Å². The Bertz CT molecular complexity index is 2200. The summed E-state index contributed by atoms with van der Waals surface area (Å²) in [7, 11) is -3.09. The Labute approximate surface area is 235 Å². The quantitative estimate of drug-likeness (QED) is 0.205. The molecule has 2 aromatic heterocycles. The second kappa shape index (κ2) is 9.06. The summed E-state index contributed by atoms with van der Waals surface area (Å²) in [4.78, 5) is 0. The molecular formula is C36H23O2PS. The first-order valence-corrected chi connectivity index (χ1v) is 15.8. The highest BCUT2D eigenvalue weighted by Gasteiger charge is 2.30. The molecule has 0 aliphatic carbocycles. The normalized spacial score (nSPS) is 12.1. The van der Waals surface area contributed by atoms with Crippen molar-refractivity contribution in [3.63, 3.8) is 0 Å². The Kier molecular flexibility index (Phi) is 5.31. The lowest BCUT2D eigenvalue weighted by Crippen LogP contribution is -2.24. The fourth-order valence-electron chi connectivity index (χ4n) is 5.77. The summed E-state index contributed by atoms with van der Waals surface area (Å²) in [6, 6.07) is 47.3. The van der Waals surface area contributed by atoms with Crippen molar-refractivity contribution < 1.29 is 8.98 Å². The van der Waals surface area contributed by atoms with Crippen molar-refractivity contribution in [2.24, 2.45) is 0 Å². The molecule has 2 nitrogen and oxygen atoms in total. The summed E-state index contributed by atoms with van der Waals surface area (Å²) in [5.41, 5.74) is 3.92. The van der Waals surface area contributed by atoms with Crippen LogP contribution in [-0.4, -0.2) is 0 Å². The highest BCUT2D eigenvalue weighted by atomic mass is 32.1. The van der Waals surface area contributed by atoms with E-state index in [0.29, 0.717) is 0 Å². The maximum atomic E-state index is 15.0. The first kappa shape index (κ1) is 23.5. The van der Waals surface area contributed by atoms with Gasteiger partial charge in [-0.1, -0.05) is 91.0 Å². The van der Waals surface area contributed by atoms with Crippen LogP contribution >= 0.6 is 18.5 Å². The molecule has 0 fully saturated rings. The van der Waals surface area contributed by atoms with Crippen LogP contribution in [0.2, 0.25) is 0 Å². The molecule has 0 radical (unpaired) electrons. The summed E-state index contributed by atoms with van der Waals surface area (Å²) < 4.78 is 23.8. The third-order valence-corrected chi connectivity index (χ3v) is 12.0. The average molecular weight is 551 g/mol. The summed E-state index contributed by atoms with van der Waals surface area (Å²) in [6.45, 7) is 0. The molecule has 0 N–H and O–H groups in total. The number of hydrogen-bond acceptors (Lipinski definition) is 3. The molecule has 0 bridgehead atoms. The lowest BCUT2D eigenvalue weighted by Gasteiger charge is -2.20. The average Bonchev–Trinajstić information content (AvgIpc) is 3.58. The van der Waals surface area contributed by atoms with Crippen LogP contribution in [0.3, 0.4) is 0 Å². The van der Waals surface area contributed by atoms with E-state index in [-0.39, 0.29) is 0 Å². The largest absolute Gasteiger partial charge is 0.456 e. The van der Waals surface area contributed by atoms with Gasteiger partial charge in [0, 0.05) is 46.9 Å². The van der Waals surface area contributed by atoms with Crippen molar-refractivity contribution in [1.82, 2.24) is 0 Å². The Morgan fingerprint density at radius 2 is 1.00 bits per heavy atom. The van der Waals surface area contributed by atoms with E-state index in [2.05, 4.69) is 60.7 Å². The standard InChI is InChI=1S/C36H23O2PS/c37-39(26-9-3-1-4-10-26,27-11-5-2-6-12-27)28-17-19-34-31(23-28)30-21-24(15-18-33(30)38-34)25-16-20-36-32(22-25)29-13-7-8-14-35(29)40-36/h1-23H. The van der Waals surface area contributed by atoms with Crippen LogP contribution in [0.15, 0.2) is 144 Å². The van der Waals surface area contributed by atoms with Gasteiger partial charge in [-0.15, -0.1) is 11.3 Å². The number of furan rings is 1. The molecule has 0 unspecified atom stereocenters. The van der Waals surface area contributed by atoms with Gasteiger partial charge in [0.05, 0.1) is 0 Å². The molecule has 0 aliphatic rings. The van der Waals surface area contributed by atoms with Gasteiger partial charge in [-0.3, -0.25) is 0 Å². The van der Waals surface area contributed by atoms with Crippen molar-refractivity contribution in [3.8, 4) is 11.1 Å². The minimum absolute atomic E-state index is 0.794. The molecule has 0 spiro atoms. The SMILES string of the molecule is O=P(c1ccccc1)(c1ccccc1)c1ccc2oc3ccc(-c4ccc5sc6ccccc6c5c4)cc3c2c1. The van der Waals surface area contributed by atoms with Crippen molar-refractivity contribution in [2.75, 3.05) is 0 Å². The van der Waals surface area contributed by atoms with E-state index in [0.717, 1.165) is 43.4 Å². The summed E-state index contributed by atoms with van der Waals surface area (Å²) in [6.07, 6.45) is 0. The minimum Gasteiger partial charge on any atom is -0.456 e. The molecule has 0 saturated heterocycles. The Hall–Kier alpha value is -4.43. The van der Waals surface area contributed by atoms with Crippen LogP contribution < -0.4 is 15.9 Å². The van der Waals surface area contributed by atoms with Crippen LogP contribution in [-0.2, 0) is 4.57 Å². The topological polar surface area (TPSA) is 30.2 Å². The fraction of sp³-hybridized carbons (Fsp3) is 0. The molecule has 0 amide bonds. The molecule has 0 aliphatic heterocycles. The summed E-state index contributed by atoms with van der Waals surface area (Å²) in [5.74, 6) is 0. The fourth-order valence-corrected chi connectivity index (χ4v) is 9.53. The smallest absolute Gasteiger partial charge is 0.171 e. The van der Waals surface area contributed by atoms with Gasteiger partial charge >= 0.3 is 0 Å². The monoisotopic (exact) mass is 550 g/mol. The van der Waals surface area contributed by atoms with Crippen LogP contribution in [0.1, 0.15) is 0 Å². The number of hydrogen-bond donors (Lipinski definition) is 0. The molecule has 4 heteroatoms. The molecule has 40 heavy (non-hydrogen) atoms. The predicted molar refractivity (Wildman–Crippen MR) is 171 cm³/mol. The highest BCUT2D eigenvalue weighted by molar-refractivity contribution is 7.85. The molecule has 2 heterocycles. The Morgan fingerprint density at radius 3 is 1.73 bits per heavy atom. The predicted octanol–water partition coefficient (Wildman–Crippen LogP) is 9.26. The van der Waals surface area contributed by atoms with Crippen LogP contribution in [0.5, 0.6) is 0 Å². The Balaban J connectivity index is 1.32. The van der Waals surface area contributed by atoms with Crippen molar-refractivity contribution >= 4 is 76.5 Å². The molecule has 8 rings (SSSR count). The van der Waals surface area contributed by atoms with Crippen molar-refractivity contribution in [1.29, 1.82) is 0 Å². The van der Waals surface area contributed by atoms with Gasteiger partial charge in [0.2, 0.25) is 0 Å². The zero-order valence-corrected chi connectivity index (χ0v) is 23.2. The van der Waals surface area contributed by atoms with Gasteiger partial charge in [0.25, 0.3) is 0 Å². The van der Waals surface area contributed by atoms with Crippen LogP contribution in [0.4, 0.5) is 0 Å². The van der Waals surface area contributed by atoms with E-state index in [1.165, 1.54) is 25.7 Å². The number of thiophene rings is 1. The zero-order chi connectivity index (χ0) is 26.7. The molecule has 0 saturated carbocycles. The molecule has 0 atom stereocenters. The van der Waals surface area contributed by atoms with Gasteiger partial charge in [-0.25, -0.2) is 0 Å². The van der Waals surface area contributed by atoms with Gasteiger partial charge in [0.1, 0.15) is 11.2 Å². The van der Waals surface area contributed by atoms with Crippen molar-refractivity contribution in [2.45, 2.75) is 0 Å². The third-order valence-electron chi connectivity index (χ3n) is 7.77. The van der Waals surface area contributed by atoms with Crippen LogP contribution in [0.25, 0.3) is 53.2 Å². The summed E-state index contributed by atoms with van der Waals surface area (Å²) in [5, 5.41) is 7.03. The van der Waals surface area contributed by atoms with E-state index >= 15 is 0 Å². The third kappa shape index (κ3) is 3.59. The molecule has 8 aromatic rings. The number of fused-ring (bicyclic) bond motifs is 6. The molecule has 190 valence electrons. The lowest BCUT2D eigenvalue weighted by atomic mass is 10.0. The highest BCUT2D eigenvalue weighted by Crippen LogP contribution is 2.44. The van der Waals surface area contributed by atoms with E-state index in [9.17, 15) is 4.57 Å². The van der Waals surface area contributed by atoms with E-state index in [4.69, 9.17) is 4.42 Å². The number of benzene rings is 6. The first-order chi connectivity index (χ1) is 19.7.